The van der Waals surface area contributed by atoms with Gasteiger partial charge in [0.2, 0.25) is 0 Å². The van der Waals surface area contributed by atoms with Crippen molar-refractivity contribution in [2.75, 3.05) is 0 Å². The lowest BCUT2D eigenvalue weighted by Crippen LogP contribution is -2.04. The summed E-state index contributed by atoms with van der Waals surface area (Å²) >= 11 is 0. The zero-order valence-corrected chi connectivity index (χ0v) is 11.1. The first-order valence-corrected chi connectivity index (χ1v) is 6.59. The predicted octanol–water partition coefficient (Wildman–Crippen LogP) is 4.54. The number of fused-ring (bicyclic) bond motifs is 1. The zero-order valence-electron chi connectivity index (χ0n) is 11.1. The minimum absolute atomic E-state index is 0.0562. The second kappa shape index (κ2) is 5.44. The van der Waals surface area contributed by atoms with Crippen LogP contribution in [0.15, 0.2) is 60.7 Å². The summed E-state index contributed by atoms with van der Waals surface area (Å²) in [6.45, 7) is 0. The maximum atomic E-state index is 13.1. The number of Topliss-reactive ketones (excluding diaryl/α,β-unsaturated/α-hetero) is 1. The van der Waals surface area contributed by atoms with Crippen molar-refractivity contribution in [1.82, 2.24) is 0 Å². The highest BCUT2D eigenvalue weighted by Gasteiger charge is 2.10. The van der Waals surface area contributed by atoms with Gasteiger partial charge in [0, 0.05) is 18.1 Å². The van der Waals surface area contributed by atoms with Crippen molar-refractivity contribution in [2.24, 2.45) is 0 Å². The van der Waals surface area contributed by atoms with E-state index >= 15 is 0 Å². The average molecular weight is 282 g/mol. The van der Waals surface area contributed by atoms with E-state index in [4.69, 9.17) is 0 Å². The second-order valence-electron chi connectivity index (χ2n) is 4.94. The first-order valence-electron chi connectivity index (χ1n) is 6.59. The number of rotatable bonds is 3. The maximum Gasteiger partial charge on any atom is 0.167 e. The Labute approximate surface area is 120 Å². The summed E-state index contributed by atoms with van der Waals surface area (Å²) in [5.74, 6) is -1.78. The molecule has 0 aromatic heterocycles. The van der Waals surface area contributed by atoms with E-state index in [0.29, 0.717) is 0 Å². The number of carbonyl (C=O) groups excluding carboxylic acids is 1. The lowest BCUT2D eigenvalue weighted by Gasteiger charge is -2.04. The van der Waals surface area contributed by atoms with Crippen LogP contribution in [0.1, 0.15) is 15.9 Å². The third-order valence-corrected chi connectivity index (χ3v) is 3.36. The lowest BCUT2D eigenvalue weighted by molar-refractivity contribution is 0.0992. The first kappa shape index (κ1) is 13.4. The molecule has 0 aliphatic heterocycles. The molecular weight excluding hydrogens is 270 g/mol. The first-order chi connectivity index (χ1) is 10.1. The summed E-state index contributed by atoms with van der Waals surface area (Å²) in [6, 6.07) is 16.4. The van der Waals surface area contributed by atoms with Crippen molar-refractivity contribution < 1.29 is 13.6 Å². The van der Waals surface area contributed by atoms with Crippen LogP contribution in [0.5, 0.6) is 0 Å². The molecule has 104 valence electrons. The molecule has 0 bridgehead atoms. The fourth-order valence-electron chi connectivity index (χ4n) is 2.35. The molecule has 0 fully saturated rings. The standard InChI is InChI=1S/C18H12F2O/c19-16-9-15(10-17(20)11-16)18(21)8-12-5-6-13-3-1-2-4-14(13)7-12/h1-7,9-11H,8H2. The predicted molar refractivity (Wildman–Crippen MR) is 78.3 cm³/mol. The second-order valence-corrected chi connectivity index (χ2v) is 4.94. The Hall–Kier alpha value is -2.55. The van der Waals surface area contributed by atoms with Crippen molar-refractivity contribution in [2.45, 2.75) is 6.42 Å². The molecule has 0 spiro atoms. The molecule has 0 amide bonds. The molecule has 0 saturated carbocycles. The summed E-state index contributed by atoms with van der Waals surface area (Å²) in [5, 5.41) is 2.12. The van der Waals surface area contributed by atoms with E-state index < -0.39 is 11.6 Å². The van der Waals surface area contributed by atoms with Crippen LogP contribution in [0.25, 0.3) is 10.8 Å². The van der Waals surface area contributed by atoms with Gasteiger partial charge in [0.05, 0.1) is 0 Å². The Balaban J connectivity index is 1.88. The molecular formula is C18H12F2O. The number of carbonyl (C=O) groups is 1. The van der Waals surface area contributed by atoms with Crippen molar-refractivity contribution >= 4 is 16.6 Å². The van der Waals surface area contributed by atoms with Gasteiger partial charge in [-0.25, -0.2) is 8.78 Å². The van der Waals surface area contributed by atoms with Crippen LogP contribution in [0.2, 0.25) is 0 Å². The molecule has 0 heterocycles. The van der Waals surface area contributed by atoms with Crippen molar-refractivity contribution in [3.05, 3.63) is 83.4 Å². The van der Waals surface area contributed by atoms with Gasteiger partial charge in [-0.3, -0.25) is 4.79 Å². The normalized spacial score (nSPS) is 10.8. The summed E-state index contributed by atoms with van der Waals surface area (Å²) in [6.07, 6.45) is 0.119. The Morgan fingerprint density at radius 1 is 0.810 bits per heavy atom. The molecule has 0 aliphatic rings. The average Bonchev–Trinajstić information content (AvgIpc) is 2.46. The summed E-state index contributed by atoms with van der Waals surface area (Å²) in [7, 11) is 0. The highest BCUT2D eigenvalue weighted by molar-refractivity contribution is 5.98. The smallest absolute Gasteiger partial charge is 0.167 e. The van der Waals surface area contributed by atoms with Gasteiger partial charge in [0.1, 0.15) is 11.6 Å². The van der Waals surface area contributed by atoms with Gasteiger partial charge in [-0.2, -0.15) is 0 Å². The van der Waals surface area contributed by atoms with Crippen LogP contribution in [0.3, 0.4) is 0 Å². The molecule has 0 saturated heterocycles. The van der Waals surface area contributed by atoms with E-state index in [1.807, 2.05) is 42.5 Å². The Kier molecular flexibility index (Phi) is 3.48. The summed E-state index contributed by atoms with van der Waals surface area (Å²) in [4.78, 5) is 12.1. The lowest BCUT2D eigenvalue weighted by atomic mass is 10.00. The van der Waals surface area contributed by atoms with Crippen LogP contribution in [0.4, 0.5) is 8.78 Å². The van der Waals surface area contributed by atoms with Crippen molar-refractivity contribution in [3.8, 4) is 0 Å². The highest BCUT2D eigenvalue weighted by atomic mass is 19.1. The van der Waals surface area contributed by atoms with Gasteiger partial charge in [0.15, 0.2) is 5.78 Å². The largest absolute Gasteiger partial charge is 0.294 e. The van der Waals surface area contributed by atoms with Gasteiger partial charge in [-0.1, -0.05) is 42.5 Å². The minimum atomic E-state index is -0.739. The van der Waals surface area contributed by atoms with E-state index in [2.05, 4.69) is 0 Å². The molecule has 3 aromatic rings. The van der Waals surface area contributed by atoms with E-state index in [-0.39, 0.29) is 17.8 Å². The molecule has 3 aromatic carbocycles. The minimum Gasteiger partial charge on any atom is -0.294 e. The van der Waals surface area contributed by atoms with Crippen LogP contribution in [-0.4, -0.2) is 5.78 Å². The highest BCUT2D eigenvalue weighted by Crippen LogP contribution is 2.18. The quantitative estimate of drug-likeness (QED) is 0.644. The SMILES string of the molecule is O=C(Cc1ccc2ccccc2c1)c1cc(F)cc(F)c1. The van der Waals surface area contributed by atoms with Crippen LogP contribution >= 0.6 is 0 Å². The number of benzene rings is 3. The Bertz CT molecular complexity index is 804. The molecule has 0 aliphatic carbocycles. The van der Waals surface area contributed by atoms with Crippen molar-refractivity contribution in [3.63, 3.8) is 0 Å². The monoisotopic (exact) mass is 282 g/mol. The van der Waals surface area contributed by atoms with Gasteiger partial charge in [-0.15, -0.1) is 0 Å². The van der Waals surface area contributed by atoms with Crippen LogP contribution in [-0.2, 0) is 6.42 Å². The molecule has 0 N–H and O–H groups in total. The van der Waals surface area contributed by atoms with E-state index in [1.165, 1.54) is 0 Å². The third-order valence-electron chi connectivity index (χ3n) is 3.36. The van der Waals surface area contributed by atoms with Gasteiger partial charge in [-0.05, 0) is 28.5 Å². The van der Waals surface area contributed by atoms with Crippen LogP contribution in [0, 0.1) is 11.6 Å². The van der Waals surface area contributed by atoms with E-state index in [0.717, 1.165) is 34.5 Å². The fraction of sp³-hybridized carbons (Fsp3) is 0.0556. The molecule has 1 nitrogen and oxygen atoms in total. The molecule has 3 heteroatoms. The van der Waals surface area contributed by atoms with Gasteiger partial charge in [0.25, 0.3) is 0 Å². The zero-order chi connectivity index (χ0) is 14.8. The van der Waals surface area contributed by atoms with Crippen molar-refractivity contribution in [1.29, 1.82) is 0 Å². The van der Waals surface area contributed by atoms with E-state index in [1.54, 1.807) is 0 Å². The Morgan fingerprint density at radius 3 is 2.19 bits per heavy atom. The number of hydrogen-bond donors (Lipinski definition) is 0. The van der Waals surface area contributed by atoms with E-state index in [9.17, 15) is 13.6 Å². The molecule has 21 heavy (non-hydrogen) atoms. The number of hydrogen-bond acceptors (Lipinski definition) is 1. The van der Waals surface area contributed by atoms with Gasteiger partial charge < -0.3 is 0 Å². The summed E-state index contributed by atoms with van der Waals surface area (Å²) in [5.41, 5.74) is 0.879. The molecule has 0 radical (unpaired) electrons. The Morgan fingerprint density at radius 2 is 1.48 bits per heavy atom. The molecule has 0 atom stereocenters. The molecule has 0 unspecified atom stereocenters. The number of ketones is 1. The fourth-order valence-corrected chi connectivity index (χ4v) is 2.35. The van der Waals surface area contributed by atoms with Crippen LogP contribution < -0.4 is 0 Å². The topological polar surface area (TPSA) is 17.1 Å². The maximum absolute atomic E-state index is 13.1. The van der Waals surface area contributed by atoms with Gasteiger partial charge >= 0.3 is 0 Å². The summed E-state index contributed by atoms with van der Waals surface area (Å²) < 4.78 is 26.3. The number of halogens is 2. The molecule has 3 rings (SSSR count). The third kappa shape index (κ3) is 2.97.